The van der Waals surface area contributed by atoms with E-state index in [1.807, 2.05) is 6.92 Å². The summed E-state index contributed by atoms with van der Waals surface area (Å²) in [7, 11) is -3.73. The fraction of sp³-hybridized carbons (Fsp3) is 0.167. The molecule has 5 nitrogen and oxygen atoms in total. The summed E-state index contributed by atoms with van der Waals surface area (Å²) >= 11 is 0. The summed E-state index contributed by atoms with van der Waals surface area (Å²) in [5, 5.41) is 9.29. The van der Waals surface area contributed by atoms with Crippen molar-refractivity contribution in [3.63, 3.8) is 0 Å². The number of aryl methyl sites for hydroxylation is 1. The van der Waals surface area contributed by atoms with Crippen LogP contribution >= 0.6 is 0 Å². The van der Waals surface area contributed by atoms with Gasteiger partial charge in [-0.15, -0.1) is 0 Å². The molecule has 1 aliphatic heterocycles. The minimum atomic E-state index is -3.73. The molecule has 0 bridgehead atoms. The zero-order chi connectivity index (χ0) is 17.3. The standard InChI is InChI=1S/C18H17N3O2S/c1-13-6-8-15(9-7-13)24(22,23)21-11-10-14(12-19)18(20)16-4-2-3-5-17(16)21/h2-9H,10-11,20H2,1H3. The van der Waals surface area contributed by atoms with Gasteiger partial charge in [0, 0.05) is 18.5 Å². The van der Waals surface area contributed by atoms with Gasteiger partial charge in [0.25, 0.3) is 10.0 Å². The molecule has 0 saturated heterocycles. The number of nitrogens with two attached hydrogens (primary N) is 1. The average molecular weight is 339 g/mol. The Hall–Kier alpha value is -2.78. The first-order chi connectivity index (χ1) is 11.4. The molecule has 2 aromatic rings. The second-order valence-electron chi connectivity index (χ2n) is 5.66. The Kier molecular flexibility index (Phi) is 4.04. The Morgan fingerprint density at radius 1 is 1.12 bits per heavy atom. The quantitative estimate of drug-likeness (QED) is 0.911. The van der Waals surface area contributed by atoms with Gasteiger partial charge < -0.3 is 5.73 Å². The van der Waals surface area contributed by atoms with E-state index in [2.05, 4.69) is 6.07 Å². The summed E-state index contributed by atoms with van der Waals surface area (Å²) in [5.41, 5.74) is 8.91. The number of sulfonamides is 1. The molecular formula is C18H17N3O2S. The second kappa shape index (κ2) is 6.02. The van der Waals surface area contributed by atoms with E-state index in [0.717, 1.165) is 5.56 Å². The van der Waals surface area contributed by atoms with Crippen LogP contribution in [0.1, 0.15) is 17.5 Å². The van der Waals surface area contributed by atoms with E-state index in [9.17, 15) is 13.7 Å². The third-order valence-corrected chi connectivity index (χ3v) is 5.92. The Morgan fingerprint density at radius 2 is 1.79 bits per heavy atom. The number of hydrogen-bond acceptors (Lipinski definition) is 4. The second-order valence-corrected chi connectivity index (χ2v) is 7.52. The lowest BCUT2D eigenvalue weighted by Crippen LogP contribution is -2.32. The first kappa shape index (κ1) is 16.1. The number of nitrogens with zero attached hydrogens (tertiary/aromatic N) is 2. The summed E-state index contributed by atoms with van der Waals surface area (Å²) in [6.07, 6.45) is 0.280. The monoisotopic (exact) mass is 339 g/mol. The van der Waals surface area contributed by atoms with Crippen LogP contribution in [0.15, 0.2) is 59.0 Å². The smallest absolute Gasteiger partial charge is 0.264 e. The lowest BCUT2D eigenvalue weighted by molar-refractivity contribution is 0.591. The molecular weight excluding hydrogens is 322 g/mol. The van der Waals surface area contributed by atoms with Crippen molar-refractivity contribution in [2.24, 2.45) is 5.73 Å². The predicted octanol–water partition coefficient (Wildman–Crippen LogP) is 2.79. The number of fused-ring (bicyclic) bond motifs is 1. The molecule has 0 amide bonds. The molecule has 0 radical (unpaired) electrons. The summed E-state index contributed by atoms with van der Waals surface area (Å²) in [4.78, 5) is 0.224. The van der Waals surface area contributed by atoms with Gasteiger partial charge in [-0.05, 0) is 25.1 Å². The van der Waals surface area contributed by atoms with Crippen molar-refractivity contribution >= 4 is 21.4 Å². The molecule has 122 valence electrons. The molecule has 1 heterocycles. The highest BCUT2D eigenvalue weighted by Gasteiger charge is 2.29. The fourth-order valence-electron chi connectivity index (χ4n) is 2.75. The molecule has 6 heteroatoms. The molecule has 1 aliphatic rings. The van der Waals surface area contributed by atoms with Gasteiger partial charge in [0.05, 0.1) is 27.9 Å². The summed E-state index contributed by atoms with van der Waals surface area (Å²) in [6.45, 7) is 2.08. The topological polar surface area (TPSA) is 87.2 Å². The molecule has 24 heavy (non-hydrogen) atoms. The highest BCUT2D eigenvalue weighted by Crippen LogP contribution is 2.34. The van der Waals surface area contributed by atoms with Crippen LogP contribution in [0.3, 0.4) is 0 Å². The van der Waals surface area contributed by atoms with Gasteiger partial charge in [0.1, 0.15) is 0 Å². The van der Waals surface area contributed by atoms with Crippen LogP contribution in [0.2, 0.25) is 0 Å². The number of para-hydroxylation sites is 1. The van der Waals surface area contributed by atoms with Crippen LogP contribution in [0, 0.1) is 18.3 Å². The average Bonchev–Trinajstić information content (AvgIpc) is 2.72. The highest BCUT2D eigenvalue weighted by atomic mass is 32.2. The Labute approximate surface area is 141 Å². The number of anilines is 1. The lowest BCUT2D eigenvalue weighted by atomic mass is 10.1. The van der Waals surface area contributed by atoms with E-state index >= 15 is 0 Å². The minimum absolute atomic E-state index is 0.177. The van der Waals surface area contributed by atoms with Crippen molar-refractivity contribution in [1.82, 2.24) is 0 Å². The molecule has 3 rings (SSSR count). The zero-order valence-corrected chi connectivity index (χ0v) is 14.0. The van der Waals surface area contributed by atoms with E-state index in [-0.39, 0.29) is 17.9 Å². The van der Waals surface area contributed by atoms with Crippen LogP contribution < -0.4 is 10.0 Å². The number of hydrogen-bond donors (Lipinski definition) is 1. The van der Waals surface area contributed by atoms with Gasteiger partial charge in [-0.25, -0.2) is 8.42 Å². The maximum Gasteiger partial charge on any atom is 0.264 e. The van der Waals surface area contributed by atoms with Crippen LogP contribution in [0.4, 0.5) is 5.69 Å². The first-order valence-electron chi connectivity index (χ1n) is 7.52. The highest BCUT2D eigenvalue weighted by molar-refractivity contribution is 7.92. The van der Waals surface area contributed by atoms with Crippen molar-refractivity contribution in [3.8, 4) is 6.07 Å². The molecule has 0 atom stereocenters. The van der Waals surface area contributed by atoms with Crippen LogP contribution in [0.5, 0.6) is 0 Å². The van der Waals surface area contributed by atoms with Crippen molar-refractivity contribution < 1.29 is 8.42 Å². The minimum Gasteiger partial charge on any atom is -0.397 e. The molecule has 0 unspecified atom stereocenters. The van der Waals surface area contributed by atoms with Gasteiger partial charge in [-0.2, -0.15) is 5.26 Å². The molecule has 2 aromatic carbocycles. The summed E-state index contributed by atoms with van der Waals surface area (Å²) < 4.78 is 27.5. The van der Waals surface area contributed by atoms with Crippen molar-refractivity contribution in [1.29, 1.82) is 5.26 Å². The van der Waals surface area contributed by atoms with Crippen LogP contribution in [0.25, 0.3) is 5.70 Å². The lowest BCUT2D eigenvalue weighted by Gasteiger charge is -2.24. The molecule has 0 aliphatic carbocycles. The van der Waals surface area contributed by atoms with E-state index in [4.69, 9.17) is 5.73 Å². The van der Waals surface area contributed by atoms with Crippen LogP contribution in [-0.2, 0) is 10.0 Å². The Bertz CT molecular complexity index is 955. The fourth-order valence-corrected chi connectivity index (χ4v) is 4.24. The molecule has 0 spiro atoms. The Balaban J connectivity index is 2.16. The summed E-state index contributed by atoms with van der Waals surface area (Å²) in [6, 6.07) is 15.8. The van der Waals surface area contributed by atoms with E-state index in [1.165, 1.54) is 4.31 Å². The maximum absolute atomic E-state index is 13.1. The van der Waals surface area contributed by atoms with Gasteiger partial charge in [-0.1, -0.05) is 35.9 Å². The van der Waals surface area contributed by atoms with E-state index in [0.29, 0.717) is 22.5 Å². The third kappa shape index (κ3) is 2.63. The van der Waals surface area contributed by atoms with Gasteiger partial charge in [0.2, 0.25) is 0 Å². The van der Waals surface area contributed by atoms with Gasteiger partial charge >= 0.3 is 0 Å². The third-order valence-electron chi connectivity index (χ3n) is 4.10. The molecule has 0 aromatic heterocycles. The zero-order valence-electron chi connectivity index (χ0n) is 13.2. The van der Waals surface area contributed by atoms with Gasteiger partial charge in [0.15, 0.2) is 0 Å². The van der Waals surface area contributed by atoms with Crippen molar-refractivity contribution in [2.75, 3.05) is 10.8 Å². The molecule has 0 saturated carbocycles. The van der Waals surface area contributed by atoms with Crippen molar-refractivity contribution in [3.05, 3.63) is 65.2 Å². The molecule has 0 fully saturated rings. The Morgan fingerprint density at radius 3 is 2.46 bits per heavy atom. The predicted molar refractivity (Wildman–Crippen MR) is 93.5 cm³/mol. The van der Waals surface area contributed by atoms with Crippen LogP contribution in [-0.4, -0.2) is 15.0 Å². The van der Waals surface area contributed by atoms with Crippen molar-refractivity contribution in [2.45, 2.75) is 18.2 Å². The largest absolute Gasteiger partial charge is 0.397 e. The number of nitriles is 1. The summed E-state index contributed by atoms with van der Waals surface area (Å²) in [5.74, 6) is 0. The SMILES string of the molecule is Cc1ccc(S(=O)(=O)N2CCC(C#N)=C(N)c3ccccc32)cc1. The normalized spacial score (nSPS) is 14.8. The first-order valence-corrected chi connectivity index (χ1v) is 8.96. The number of benzene rings is 2. The van der Waals surface area contributed by atoms with E-state index < -0.39 is 10.0 Å². The van der Waals surface area contributed by atoms with Gasteiger partial charge in [-0.3, -0.25) is 4.31 Å². The maximum atomic E-state index is 13.1. The number of rotatable bonds is 2. The molecule has 2 N–H and O–H groups in total. The van der Waals surface area contributed by atoms with E-state index in [1.54, 1.807) is 48.5 Å².